The highest BCUT2D eigenvalue weighted by atomic mass is 16.6. The highest BCUT2D eigenvalue weighted by Crippen LogP contribution is 2.28. The maximum atomic E-state index is 12.7. The lowest BCUT2D eigenvalue weighted by molar-refractivity contribution is -0.142. The van der Waals surface area contributed by atoms with Crippen LogP contribution >= 0.6 is 0 Å². The molecule has 1 aromatic rings. The average Bonchev–Trinajstić information content (AvgIpc) is 2.76. The molecule has 0 unspecified atom stereocenters. The van der Waals surface area contributed by atoms with Crippen molar-refractivity contribution in [3.05, 3.63) is 35.9 Å². The molecule has 0 aromatic heterocycles. The van der Waals surface area contributed by atoms with Gasteiger partial charge in [0.25, 0.3) is 0 Å². The molecule has 1 aliphatic carbocycles. The van der Waals surface area contributed by atoms with Gasteiger partial charge >= 0.3 is 12.1 Å². The van der Waals surface area contributed by atoms with Gasteiger partial charge in [0, 0.05) is 18.9 Å². The molecule has 2 atom stereocenters. The van der Waals surface area contributed by atoms with Crippen LogP contribution in [-0.4, -0.2) is 53.2 Å². The Labute approximate surface area is 201 Å². The van der Waals surface area contributed by atoms with Crippen LogP contribution in [0.5, 0.6) is 0 Å². The number of hydrogen-bond acceptors (Lipinski definition) is 5. The van der Waals surface area contributed by atoms with E-state index in [2.05, 4.69) is 16.0 Å². The molecule has 0 saturated heterocycles. The van der Waals surface area contributed by atoms with Crippen LogP contribution in [0, 0.1) is 11.8 Å². The molecule has 0 aliphatic heterocycles. The first-order valence-electron chi connectivity index (χ1n) is 11.8. The summed E-state index contributed by atoms with van der Waals surface area (Å²) in [6, 6.07) is 7.52. The molecule has 3 amide bonds. The number of amides is 3. The second kappa shape index (κ2) is 12.4. The van der Waals surface area contributed by atoms with Crippen LogP contribution in [0.25, 0.3) is 0 Å². The number of nitrogens with one attached hydrogen (secondary N) is 3. The summed E-state index contributed by atoms with van der Waals surface area (Å²) < 4.78 is 5.16. The van der Waals surface area contributed by atoms with Crippen LogP contribution in [0.2, 0.25) is 0 Å². The van der Waals surface area contributed by atoms with Crippen molar-refractivity contribution < 1.29 is 29.0 Å². The summed E-state index contributed by atoms with van der Waals surface area (Å²) in [5.41, 5.74) is 0.210. The van der Waals surface area contributed by atoms with Gasteiger partial charge in [-0.15, -0.1) is 0 Å². The third-order valence-corrected chi connectivity index (χ3v) is 5.81. The standard InChI is InChI=1S/C25H37N3O6/c1-16(27-24(33)34-25(2,3)4)21(29)26-15-18-10-12-19(13-11-18)22(30)28-20(23(31)32)14-17-8-6-5-7-9-17/h5-9,16,18-20H,10-15H2,1-4H3,(H,26,29)(H,27,33)(H,28,30)(H,31,32)/t16-,18?,19?,20-/m0/s1. The van der Waals surface area contributed by atoms with Crippen molar-refractivity contribution >= 4 is 23.9 Å². The van der Waals surface area contributed by atoms with Gasteiger partial charge in [0.1, 0.15) is 17.7 Å². The lowest BCUT2D eigenvalue weighted by Gasteiger charge is -2.29. The smallest absolute Gasteiger partial charge is 0.408 e. The fraction of sp³-hybridized carbons (Fsp3) is 0.600. The Morgan fingerprint density at radius 3 is 2.21 bits per heavy atom. The average molecular weight is 476 g/mol. The molecule has 4 N–H and O–H groups in total. The number of benzene rings is 1. The highest BCUT2D eigenvalue weighted by Gasteiger charge is 2.30. The SMILES string of the molecule is C[C@H](NC(=O)OC(C)(C)C)C(=O)NCC1CCC(C(=O)N[C@@H](Cc2ccccc2)C(=O)O)CC1. The maximum Gasteiger partial charge on any atom is 0.408 e. The minimum Gasteiger partial charge on any atom is -0.480 e. The third kappa shape index (κ3) is 9.41. The van der Waals surface area contributed by atoms with Crippen LogP contribution in [0.4, 0.5) is 4.79 Å². The summed E-state index contributed by atoms with van der Waals surface area (Å²) in [6.45, 7) is 7.30. The van der Waals surface area contributed by atoms with E-state index in [1.807, 2.05) is 30.3 Å². The Morgan fingerprint density at radius 1 is 1.03 bits per heavy atom. The van der Waals surface area contributed by atoms with E-state index in [0.29, 0.717) is 19.4 Å². The molecule has 1 fully saturated rings. The minimum atomic E-state index is -1.05. The van der Waals surface area contributed by atoms with Gasteiger partial charge in [0.05, 0.1) is 0 Å². The number of ether oxygens (including phenoxy) is 1. The predicted molar refractivity (Wildman–Crippen MR) is 127 cm³/mol. The van der Waals surface area contributed by atoms with Gasteiger partial charge in [0.2, 0.25) is 11.8 Å². The Kier molecular flexibility index (Phi) is 9.89. The van der Waals surface area contributed by atoms with E-state index in [1.165, 1.54) is 0 Å². The Morgan fingerprint density at radius 2 is 1.65 bits per heavy atom. The summed E-state index contributed by atoms with van der Waals surface area (Å²) in [5, 5.41) is 17.6. The second-order valence-electron chi connectivity index (χ2n) is 9.92. The van der Waals surface area contributed by atoms with Crippen LogP contribution < -0.4 is 16.0 Å². The second-order valence-corrected chi connectivity index (χ2v) is 9.92. The number of rotatable bonds is 9. The molecular formula is C25H37N3O6. The van der Waals surface area contributed by atoms with Crippen LogP contribution in [-0.2, 0) is 25.5 Å². The van der Waals surface area contributed by atoms with Crippen molar-refractivity contribution in [2.45, 2.75) is 77.5 Å². The van der Waals surface area contributed by atoms with E-state index in [-0.39, 0.29) is 30.1 Å². The summed E-state index contributed by atoms with van der Waals surface area (Å²) in [4.78, 5) is 48.4. The van der Waals surface area contributed by atoms with E-state index < -0.39 is 29.7 Å². The van der Waals surface area contributed by atoms with Gasteiger partial charge in [-0.25, -0.2) is 9.59 Å². The molecule has 1 aromatic carbocycles. The number of alkyl carbamates (subject to hydrolysis) is 1. The zero-order valence-electron chi connectivity index (χ0n) is 20.4. The molecule has 0 bridgehead atoms. The number of carboxylic acids is 1. The summed E-state index contributed by atoms with van der Waals surface area (Å²) >= 11 is 0. The molecular weight excluding hydrogens is 438 g/mol. The van der Waals surface area contributed by atoms with E-state index in [4.69, 9.17) is 4.74 Å². The quantitative estimate of drug-likeness (QED) is 0.434. The first kappa shape index (κ1) is 27.1. The lowest BCUT2D eigenvalue weighted by Crippen LogP contribution is -2.48. The largest absolute Gasteiger partial charge is 0.480 e. The molecule has 1 aliphatic rings. The zero-order chi connectivity index (χ0) is 25.3. The van der Waals surface area contributed by atoms with Crippen molar-refractivity contribution in [2.75, 3.05) is 6.54 Å². The molecule has 9 heteroatoms. The molecule has 2 rings (SSSR count). The molecule has 9 nitrogen and oxygen atoms in total. The van der Waals surface area contributed by atoms with Crippen LogP contribution in [0.15, 0.2) is 30.3 Å². The summed E-state index contributed by atoms with van der Waals surface area (Å²) in [6.07, 6.45) is 2.36. The minimum absolute atomic E-state index is 0.223. The van der Waals surface area contributed by atoms with Crippen LogP contribution in [0.3, 0.4) is 0 Å². The van der Waals surface area contributed by atoms with Gasteiger partial charge in [0.15, 0.2) is 0 Å². The van der Waals surface area contributed by atoms with E-state index in [1.54, 1.807) is 27.7 Å². The zero-order valence-corrected chi connectivity index (χ0v) is 20.4. The van der Waals surface area contributed by atoms with Crippen molar-refractivity contribution in [2.24, 2.45) is 11.8 Å². The summed E-state index contributed by atoms with van der Waals surface area (Å²) in [7, 11) is 0. The number of carbonyl (C=O) groups is 4. The first-order chi connectivity index (χ1) is 15.9. The fourth-order valence-corrected chi connectivity index (χ4v) is 3.92. The molecule has 34 heavy (non-hydrogen) atoms. The highest BCUT2D eigenvalue weighted by molar-refractivity contribution is 5.86. The van der Waals surface area contributed by atoms with Crippen molar-refractivity contribution in [3.63, 3.8) is 0 Å². The predicted octanol–water partition coefficient (Wildman–Crippen LogP) is 2.63. The Bertz CT molecular complexity index is 844. The number of aliphatic carboxylic acids is 1. The first-order valence-corrected chi connectivity index (χ1v) is 11.8. The van der Waals surface area contributed by atoms with Crippen molar-refractivity contribution in [1.29, 1.82) is 0 Å². The molecule has 0 radical (unpaired) electrons. The van der Waals surface area contributed by atoms with Crippen LogP contribution in [0.1, 0.15) is 58.9 Å². The molecule has 1 saturated carbocycles. The normalized spacial score (nSPS) is 19.9. The van der Waals surface area contributed by atoms with Gasteiger partial charge in [-0.2, -0.15) is 0 Å². The van der Waals surface area contributed by atoms with Crippen molar-refractivity contribution in [3.8, 4) is 0 Å². The van der Waals surface area contributed by atoms with Gasteiger partial charge in [-0.3, -0.25) is 9.59 Å². The maximum absolute atomic E-state index is 12.7. The van der Waals surface area contributed by atoms with Gasteiger partial charge in [-0.1, -0.05) is 30.3 Å². The Balaban J connectivity index is 1.73. The molecule has 188 valence electrons. The third-order valence-electron chi connectivity index (χ3n) is 5.81. The molecule has 0 heterocycles. The van der Waals surface area contributed by atoms with Crippen molar-refractivity contribution in [1.82, 2.24) is 16.0 Å². The topological polar surface area (TPSA) is 134 Å². The monoisotopic (exact) mass is 475 g/mol. The Hall–Kier alpha value is -3.10. The van der Waals surface area contributed by atoms with E-state index in [0.717, 1.165) is 18.4 Å². The number of carbonyl (C=O) groups excluding carboxylic acids is 3. The number of carboxylic acid groups (broad SMARTS) is 1. The van der Waals surface area contributed by atoms with E-state index >= 15 is 0 Å². The number of hydrogen-bond donors (Lipinski definition) is 4. The summed E-state index contributed by atoms with van der Waals surface area (Å²) in [5.74, 6) is -1.60. The van der Waals surface area contributed by atoms with Gasteiger partial charge in [-0.05, 0) is 64.9 Å². The van der Waals surface area contributed by atoms with E-state index in [9.17, 15) is 24.3 Å². The van der Waals surface area contributed by atoms with Gasteiger partial charge < -0.3 is 25.8 Å². The molecule has 0 spiro atoms. The lowest BCUT2D eigenvalue weighted by atomic mass is 9.81. The fourth-order valence-electron chi connectivity index (χ4n) is 3.92.